The summed E-state index contributed by atoms with van der Waals surface area (Å²) in [4.78, 5) is 12.4. The van der Waals surface area contributed by atoms with Gasteiger partial charge in [-0.1, -0.05) is 0 Å². The fourth-order valence-electron chi connectivity index (χ4n) is 2.74. The maximum atomic E-state index is 12.4. The molecule has 3 rings (SSSR count). The molecule has 28 heavy (non-hydrogen) atoms. The van der Waals surface area contributed by atoms with E-state index in [1.165, 1.54) is 19.2 Å². The van der Waals surface area contributed by atoms with E-state index in [-0.39, 0.29) is 18.9 Å². The first-order valence-electron chi connectivity index (χ1n) is 8.64. The number of benzene rings is 2. The van der Waals surface area contributed by atoms with Gasteiger partial charge in [0, 0.05) is 24.6 Å². The third-order valence-corrected chi connectivity index (χ3v) is 4.17. The van der Waals surface area contributed by atoms with Gasteiger partial charge in [-0.05, 0) is 42.8 Å². The minimum absolute atomic E-state index is 0.157. The van der Waals surface area contributed by atoms with Crippen LogP contribution in [0.15, 0.2) is 46.9 Å². The SMILES string of the molecule is COCCOC(=O)c1c(C)oc2ccc(OCc3ccc([NH+]([O-])O)cc3)cc12. The summed E-state index contributed by atoms with van der Waals surface area (Å²) in [5.41, 5.74) is 1.97. The molecule has 0 radical (unpaired) electrons. The van der Waals surface area contributed by atoms with Crippen LogP contribution in [0, 0.1) is 12.1 Å². The van der Waals surface area contributed by atoms with Crippen LogP contribution in [-0.4, -0.2) is 31.5 Å². The number of ether oxygens (including phenoxy) is 3. The van der Waals surface area contributed by atoms with Crippen LogP contribution in [-0.2, 0) is 16.1 Å². The van der Waals surface area contributed by atoms with Crippen molar-refractivity contribution in [2.24, 2.45) is 0 Å². The Bertz CT molecular complexity index is 947. The summed E-state index contributed by atoms with van der Waals surface area (Å²) in [6, 6.07) is 11.7. The van der Waals surface area contributed by atoms with Crippen molar-refractivity contribution in [1.82, 2.24) is 0 Å². The minimum atomic E-state index is -0.974. The summed E-state index contributed by atoms with van der Waals surface area (Å²) in [6.07, 6.45) is 0. The Morgan fingerprint density at radius 3 is 2.61 bits per heavy atom. The van der Waals surface area contributed by atoms with Crippen LogP contribution < -0.4 is 9.96 Å². The zero-order valence-corrected chi connectivity index (χ0v) is 15.6. The fraction of sp³-hybridized carbons (Fsp3) is 0.250. The molecule has 2 aromatic carbocycles. The van der Waals surface area contributed by atoms with Crippen LogP contribution in [0.5, 0.6) is 5.75 Å². The third-order valence-electron chi connectivity index (χ3n) is 4.17. The van der Waals surface area contributed by atoms with E-state index in [1.807, 2.05) is 0 Å². The van der Waals surface area contributed by atoms with E-state index < -0.39 is 11.2 Å². The first kappa shape index (κ1) is 19.8. The predicted octanol–water partition coefficient (Wildman–Crippen LogP) is 2.53. The molecule has 1 atom stereocenters. The molecular weight excluding hydrogens is 366 g/mol. The second-order valence-corrected chi connectivity index (χ2v) is 6.11. The summed E-state index contributed by atoms with van der Waals surface area (Å²) in [7, 11) is 1.53. The summed E-state index contributed by atoms with van der Waals surface area (Å²) >= 11 is 0. The average molecular weight is 387 g/mol. The number of carbonyl (C=O) groups is 1. The van der Waals surface area contributed by atoms with E-state index >= 15 is 0 Å². The highest BCUT2D eigenvalue weighted by atomic mass is 16.8. The van der Waals surface area contributed by atoms with Crippen LogP contribution in [0.25, 0.3) is 11.0 Å². The lowest BCUT2D eigenvalue weighted by Gasteiger charge is -2.12. The standard InChI is InChI=1S/C20H21NO7/c1-13-19(20(22)26-10-9-25-2)17-11-16(7-8-18(17)28-13)27-12-14-3-5-15(6-4-14)21(23)24/h3-8,11,21,23H,9-10,12H2,1-2H3. The number of fused-ring (bicyclic) bond motifs is 1. The topological polar surface area (TPSA) is 106 Å². The Kier molecular flexibility index (Phi) is 6.27. The molecule has 8 heteroatoms. The molecule has 8 nitrogen and oxygen atoms in total. The Hall–Kier alpha value is -2.91. The Balaban J connectivity index is 1.75. The molecule has 0 bridgehead atoms. The lowest BCUT2D eigenvalue weighted by Crippen LogP contribution is -2.99. The second-order valence-electron chi connectivity index (χ2n) is 6.11. The summed E-state index contributed by atoms with van der Waals surface area (Å²) in [6.45, 7) is 2.44. The van der Waals surface area contributed by atoms with Crippen LogP contribution in [0.1, 0.15) is 21.7 Å². The molecule has 0 spiro atoms. The smallest absolute Gasteiger partial charge is 0.342 e. The number of nitrogens with one attached hydrogen (secondary N) is 1. The van der Waals surface area contributed by atoms with E-state index in [2.05, 4.69) is 0 Å². The quantitative estimate of drug-likeness (QED) is 0.348. The van der Waals surface area contributed by atoms with Gasteiger partial charge in [0.2, 0.25) is 0 Å². The Labute approximate surface area is 161 Å². The number of hydrogen-bond acceptors (Lipinski definition) is 7. The molecule has 1 heterocycles. The van der Waals surface area contributed by atoms with E-state index in [4.69, 9.17) is 23.8 Å². The molecule has 2 N–H and O–H groups in total. The molecule has 0 saturated heterocycles. The molecule has 0 aliphatic carbocycles. The van der Waals surface area contributed by atoms with E-state index in [0.717, 1.165) is 5.56 Å². The maximum absolute atomic E-state index is 12.4. The number of furan rings is 1. The van der Waals surface area contributed by atoms with E-state index in [1.54, 1.807) is 37.3 Å². The minimum Gasteiger partial charge on any atom is -0.595 e. The first-order chi connectivity index (χ1) is 13.5. The number of rotatable bonds is 8. The van der Waals surface area contributed by atoms with Crippen LogP contribution >= 0.6 is 0 Å². The lowest BCUT2D eigenvalue weighted by atomic mass is 10.1. The molecule has 0 saturated carbocycles. The zero-order valence-electron chi connectivity index (χ0n) is 15.6. The first-order valence-corrected chi connectivity index (χ1v) is 8.64. The summed E-state index contributed by atoms with van der Waals surface area (Å²) < 4.78 is 21.5. The zero-order chi connectivity index (χ0) is 20.1. The van der Waals surface area contributed by atoms with Crippen molar-refractivity contribution in [2.45, 2.75) is 13.5 Å². The van der Waals surface area contributed by atoms with Gasteiger partial charge in [-0.25, -0.2) is 10.0 Å². The number of hydrogen-bond donors (Lipinski definition) is 2. The van der Waals surface area contributed by atoms with Crippen molar-refractivity contribution in [1.29, 1.82) is 0 Å². The van der Waals surface area contributed by atoms with Gasteiger partial charge in [0.1, 0.15) is 35.9 Å². The van der Waals surface area contributed by atoms with Gasteiger partial charge in [0.15, 0.2) is 5.69 Å². The number of methoxy groups -OCH3 is 1. The molecular formula is C20H21NO7. The lowest BCUT2D eigenvalue weighted by molar-refractivity contribution is -0.991. The maximum Gasteiger partial charge on any atom is 0.342 e. The summed E-state index contributed by atoms with van der Waals surface area (Å²) in [5.74, 6) is 0.551. The van der Waals surface area contributed by atoms with Crippen molar-refractivity contribution in [3.05, 3.63) is 64.6 Å². The predicted molar refractivity (Wildman–Crippen MR) is 99.7 cm³/mol. The van der Waals surface area contributed by atoms with Crippen molar-refractivity contribution in [3.63, 3.8) is 0 Å². The van der Waals surface area contributed by atoms with Gasteiger partial charge < -0.3 is 23.8 Å². The van der Waals surface area contributed by atoms with Gasteiger partial charge in [0.05, 0.1) is 6.61 Å². The van der Waals surface area contributed by atoms with Gasteiger partial charge in [0.25, 0.3) is 0 Å². The molecule has 1 unspecified atom stereocenters. The van der Waals surface area contributed by atoms with Crippen molar-refractivity contribution >= 4 is 22.6 Å². The highest BCUT2D eigenvalue weighted by Crippen LogP contribution is 2.30. The second kappa shape index (κ2) is 8.85. The molecule has 1 aromatic heterocycles. The van der Waals surface area contributed by atoms with Crippen LogP contribution in [0.2, 0.25) is 0 Å². The Morgan fingerprint density at radius 1 is 1.18 bits per heavy atom. The van der Waals surface area contributed by atoms with Gasteiger partial charge in [-0.3, -0.25) is 0 Å². The van der Waals surface area contributed by atoms with Crippen LogP contribution in [0.4, 0.5) is 5.69 Å². The number of aryl methyl sites for hydroxylation is 1. The molecule has 0 aliphatic rings. The molecule has 0 aliphatic heterocycles. The molecule has 148 valence electrons. The summed E-state index contributed by atoms with van der Waals surface area (Å²) in [5, 5.41) is 19.5. The monoisotopic (exact) mass is 387 g/mol. The normalized spacial score (nSPS) is 12.1. The number of carbonyl (C=O) groups excluding carboxylic acids is 1. The fourth-order valence-corrected chi connectivity index (χ4v) is 2.74. The average Bonchev–Trinajstić information content (AvgIpc) is 3.01. The van der Waals surface area contributed by atoms with Gasteiger partial charge in [-0.15, -0.1) is 0 Å². The van der Waals surface area contributed by atoms with E-state index in [0.29, 0.717) is 34.6 Å². The van der Waals surface area contributed by atoms with Crippen molar-refractivity contribution < 1.29 is 33.9 Å². The third kappa shape index (κ3) is 4.49. The van der Waals surface area contributed by atoms with Crippen molar-refractivity contribution in [2.75, 3.05) is 20.3 Å². The van der Waals surface area contributed by atoms with Crippen LogP contribution in [0.3, 0.4) is 0 Å². The molecule has 3 aromatic rings. The number of esters is 1. The molecule has 0 fully saturated rings. The van der Waals surface area contributed by atoms with Crippen molar-refractivity contribution in [3.8, 4) is 5.75 Å². The largest absolute Gasteiger partial charge is 0.595 e. The van der Waals surface area contributed by atoms with Gasteiger partial charge >= 0.3 is 5.97 Å². The Morgan fingerprint density at radius 2 is 1.93 bits per heavy atom. The van der Waals surface area contributed by atoms with E-state index in [9.17, 15) is 10.0 Å². The number of quaternary nitrogens is 1. The molecule has 0 amide bonds. The highest BCUT2D eigenvalue weighted by Gasteiger charge is 2.20. The van der Waals surface area contributed by atoms with Gasteiger partial charge in [-0.2, -0.15) is 5.23 Å². The highest BCUT2D eigenvalue weighted by molar-refractivity contribution is 6.04.